The summed E-state index contributed by atoms with van der Waals surface area (Å²) >= 11 is 5.85. The quantitative estimate of drug-likeness (QED) is 0.294. The number of nitrogens with one attached hydrogen (secondary N) is 1. The Morgan fingerprint density at radius 3 is 2.45 bits per heavy atom. The molecule has 0 atom stereocenters. The highest BCUT2D eigenvalue weighted by Crippen LogP contribution is 2.21. The van der Waals surface area contributed by atoms with Crippen molar-refractivity contribution in [2.24, 2.45) is 0 Å². The Morgan fingerprint density at radius 1 is 1.07 bits per heavy atom. The molecule has 2 heterocycles. The van der Waals surface area contributed by atoms with E-state index in [2.05, 4.69) is 52.9 Å². The summed E-state index contributed by atoms with van der Waals surface area (Å²) in [5, 5.41) is 3.82. The Labute approximate surface area is 179 Å². The SMILES string of the molecule is C#C.C=C(/C=C/c1ccncc1)NCc1cccc(-c2ccc(Cl)nc2)c1.CC. The van der Waals surface area contributed by atoms with Gasteiger partial charge in [0.25, 0.3) is 0 Å². The van der Waals surface area contributed by atoms with Crippen LogP contribution in [0, 0.1) is 12.8 Å². The van der Waals surface area contributed by atoms with E-state index in [9.17, 15) is 0 Å². The molecular weight excluding hydrogens is 378 g/mol. The van der Waals surface area contributed by atoms with E-state index in [1.807, 2.05) is 50.3 Å². The molecule has 0 radical (unpaired) electrons. The maximum Gasteiger partial charge on any atom is 0.129 e. The van der Waals surface area contributed by atoms with Crippen LogP contribution in [0.15, 0.2) is 85.5 Å². The first-order chi connectivity index (χ1) is 14.2. The molecule has 0 bridgehead atoms. The molecule has 3 rings (SSSR count). The first-order valence-electron chi connectivity index (χ1n) is 9.26. The molecule has 0 aliphatic carbocycles. The van der Waals surface area contributed by atoms with Crippen LogP contribution in [0.5, 0.6) is 0 Å². The molecule has 0 spiro atoms. The van der Waals surface area contributed by atoms with Gasteiger partial charge in [-0.15, -0.1) is 12.8 Å². The fourth-order valence-corrected chi connectivity index (χ4v) is 2.47. The van der Waals surface area contributed by atoms with Crippen molar-refractivity contribution in [2.45, 2.75) is 20.4 Å². The number of halogens is 1. The van der Waals surface area contributed by atoms with Gasteiger partial charge in [-0.3, -0.25) is 4.98 Å². The van der Waals surface area contributed by atoms with Gasteiger partial charge in [0.15, 0.2) is 0 Å². The zero-order valence-electron chi connectivity index (χ0n) is 16.8. The Morgan fingerprint density at radius 2 is 1.79 bits per heavy atom. The van der Waals surface area contributed by atoms with E-state index < -0.39 is 0 Å². The van der Waals surface area contributed by atoms with Crippen molar-refractivity contribution < 1.29 is 0 Å². The van der Waals surface area contributed by atoms with Gasteiger partial charge < -0.3 is 5.32 Å². The lowest BCUT2D eigenvalue weighted by Gasteiger charge is -2.08. The molecule has 3 nitrogen and oxygen atoms in total. The second-order valence-electron chi connectivity index (χ2n) is 5.56. The molecule has 3 aromatic rings. The molecule has 0 amide bonds. The van der Waals surface area contributed by atoms with E-state index in [1.54, 1.807) is 24.7 Å². The fourth-order valence-electron chi connectivity index (χ4n) is 2.35. The summed E-state index contributed by atoms with van der Waals surface area (Å²) in [7, 11) is 0. The fraction of sp³-hybridized carbons (Fsp3) is 0.120. The van der Waals surface area contributed by atoms with Gasteiger partial charge in [0.1, 0.15) is 5.15 Å². The average Bonchev–Trinajstić information content (AvgIpc) is 2.80. The summed E-state index contributed by atoms with van der Waals surface area (Å²) < 4.78 is 0. The minimum atomic E-state index is 0.499. The van der Waals surface area contributed by atoms with Crippen LogP contribution < -0.4 is 5.32 Å². The van der Waals surface area contributed by atoms with Crippen molar-refractivity contribution in [1.82, 2.24) is 15.3 Å². The van der Waals surface area contributed by atoms with Gasteiger partial charge in [-0.05, 0) is 53.1 Å². The predicted molar refractivity (Wildman–Crippen MR) is 125 cm³/mol. The molecule has 1 N–H and O–H groups in total. The Balaban J connectivity index is 0.000000989. The van der Waals surface area contributed by atoms with Crippen LogP contribution in [0.1, 0.15) is 25.0 Å². The van der Waals surface area contributed by atoms with Crippen LogP contribution in [-0.4, -0.2) is 9.97 Å². The van der Waals surface area contributed by atoms with Gasteiger partial charge in [0, 0.05) is 36.4 Å². The van der Waals surface area contributed by atoms with Crippen molar-refractivity contribution in [2.75, 3.05) is 0 Å². The monoisotopic (exact) mass is 403 g/mol. The van der Waals surface area contributed by atoms with Crippen LogP contribution >= 0.6 is 11.6 Å². The summed E-state index contributed by atoms with van der Waals surface area (Å²) in [5.41, 5.74) is 5.28. The lowest BCUT2D eigenvalue weighted by atomic mass is 10.0. The molecule has 0 saturated carbocycles. The van der Waals surface area contributed by atoms with E-state index in [1.165, 1.54) is 5.56 Å². The summed E-state index contributed by atoms with van der Waals surface area (Å²) in [6.45, 7) is 8.74. The zero-order valence-corrected chi connectivity index (χ0v) is 17.6. The minimum absolute atomic E-state index is 0.499. The van der Waals surface area contributed by atoms with Crippen LogP contribution in [0.4, 0.5) is 0 Å². The van der Waals surface area contributed by atoms with Crippen molar-refractivity contribution in [3.05, 3.63) is 102 Å². The van der Waals surface area contributed by atoms with Crippen molar-refractivity contribution in [1.29, 1.82) is 0 Å². The number of aromatic nitrogens is 2. The number of nitrogens with zero attached hydrogens (tertiary/aromatic N) is 2. The highest BCUT2D eigenvalue weighted by molar-refractivity contribution is 6.29. The van der Waals surface area contributed by atoms with Crippen molar-refractivity contribution in [3.63, 3.8) is 0 Å². The van der Waals surface area contributed by atoms with Crippen molar-refractivity contribution >= 4 is 17.7 Å². The number of benzene rings is 1. The topological polar surface area (TPSA) is 37.8 Å². The maximum atomic E-state index is 5.85. The van der Waals surface area contributed by atoms with E-state index in [0.717, 1.165) is 22.4 Å². The number of hydrogen-bond acceptors (Lipinski definition) is 3. The third kappa shape index (κ3) is 8.47. The predicted octanol–water partition coefficient (Wildman–Crippen LogP) is 6.39. The molecule has 29 heavy (non-hydrogen) atoms. The molecule has 148 valence electrons. The smallest absolute Gasteiger partial charge is 0.129 e. The molecular formula is C25H26ClN3. The average molecular weight is 404 g/mol. The van der Waals surface area contributed by atoms with Crippen LogP contribution in [0.3, 0.4) is 0 Å². The first-order valence-corrected chi connectivity index (χ1v) is 9.63. The lowest BCUT2D eigenvalue weighted by Crippen LogP contribution is -2.10. The zero-order chi connectivity index (χ0) is 21.5. The number of pyridine rings is 2. The van der Waals surface area contributed by atoms with Gasteiger partial charge in [-0.25, -0.2) is 4.98 Å². The third-order valence-corrected chi connectivity index (χ3v) is 3.91. The molecule has 0 aliphatic rings. The number of rotatable bonds is 6. The van der Waals surface area contributed by atoms with Gasteiger partial charge in [0.2, 0.25) is 0 Å². The largest absolute Gasteiger partial charge is 0.381 e. The molecule has 0 fully saturated rings. The lowest BCUT2D eigenvalue weighted by molar-refractivity contribution is 0.838. The normalized spacial score (nSPS) is 9.55. The number of hydrogen-bond donors (Lipinski definition) is 1. The second kappa shape index (κ2) is 13.8. The summed E-state index contributed by atoms with van der Waals surface area (Å²) in [6.07, 6.45) is 17.3. The Hall–Kier alpha value is -3.35. The van der Waals surface area contributed by atoms with E-state index in [0.29, 0.717) is 11.7 Å². The van der Waals surface area contributed by atoms with E-state index >= 15 is 0 Å². The summed E-state index contributed by atoms with van der Waals surface area (Å²) in [5.74, 6) is 0. The van der Waals surface area contributed by atoms with E-state index in [4.69, 9.17) is 11.6 Å². The highest BCUT2D eigenvalue weighted by atomic mass is 35.5. The van der Waals surface area contributed by atoms with Gasteiger partial charge in [-0.2, -0.15) is 0 Å². The Kier molecular flexibility index (Phi) is 11.2. The molecule has 4 heteroatoms. The third-order valence-electron chi connectivity index (χ3n) is 3.69. The second-order valence-corrected chi connectivity index (χ2v) is 5.95. The van der Waals surface area contributed by atoms with Crippen LogP contribution in [-0.2, 0) is 6.54 Å². The van der Waals surface area contributed by atoms with Crippen molar-refractivity contribution in [3.8, 4) is 24.0 Å². The van der Waals surface area contributed by atoms with Gasteiger partial charge in [-0.1, -0.05) is 56.3 Å². The van der Waals surface area contributed by atoms with Crippen LogP contribution in [0.2, 0.25) is 5.15 Å². The number of allylic oxidation sites excluding steroid dienone is 1. The van der Waals surface area contributed by atoms with E-state index in [-0.39, 0.29) is 0 Å². The van der Waals surface area contributed by atoms with Gasteiger partial charge in [0.05, 0.1) is 0 Å². The molecule has 0 unspecified atom stereocenters. The Bertz CT molecular complexity index is 914. The van der Waals surface area contributed by atoms with Crippen LogP contribution in [0.25, 0.3) is 17.2 Å². The first kappa shape index (κ1) is 23.7. The number of terminal acetylenes is 1. The minimum Gasteiger partial charge on any atom is -0.381 e. The molecule has 1 aromatic carbocycles. The molecule has 2 aromatic heterocycles. The molecule has 0 saturated heterocycles. The summed E-state index contributed by atoms with van der Waals surface area (Å²) in [6, 6.07) is 16.0. The standard InChI is InChI=1S/C21H18ClN3.C2H6.C2H2/c1-16(5-6-17-9-11-23-12-10-17)24-14-18-3-2-4-19(13-18)20-7-8-21(22)25-15-20;2*1-2/h2-13,15,24H,1,14H2;1-2H3;1-2H/b6-5+;;. The van der Waals surface area contributed by atoms with Gasteiger partial charge >= 0.3 is 0 Å². The summed E-state index contributed by atoms with van der Waals surface area (Å²) in [4.78, 5) is 8.14. The maximum absolute atomic E-state index is 5.85. The highest BCUT2D eigenvalue weighted by Gasteiger charge is 2.00. The molecule has 0 aliphatic heterocycles.